The molecule has 0 unspecified atom stereocenters. The summed E-state index contributed by atoms with van der Waals surface area (Å²) in [7, 11) is 0. The van der Waals surface area contributed by atoms with Crippen molar-refractivity contribution in [2.45, 2.75) is 0 Å². The summed E-state index contributed by atoms with van der Waals surface area (Å²) in [6.07, 6.45) is 0.922. The average Bonchev–Trinajstić information content (AvgIpc) is 1.65. The van der Waals surface area contributed by atoms with Gasteiger partial charge in [-0.25, -0.2) is 4.79 Å². The third kappa shape index (κ3) is 2.11. The molecule has 0 aliphatic rings. The topological polar surface area (TPSA) is 63.3 Å². The van der Waals surface area contributed by atoms with Crippen LogP contribution in [0.3, 0.4) is 0 Å². The lowest BCUT2D eigenvalue weighted by molar-refractivity contribution is -0.131. The van der Waals surface area contributed by atoms with Gasteiger partial charge in [0.1, 0.15) is 4.91 Å². The first kappa shape index (κ1) is 6.36. The van der Waals surface area contributed by atoms with Gasteiger partial charge in [0.2, 0.25) is 0 Å². The average molecular weight is 119 g/mol. The fourth-order valence-corrected chi connectivity index (χ4v) is 0.0713. The van der Waals surface area contributed by atoms with Gasteiger partial charge in [0.05, 0.1) is 0 Å². The second kappa shape index (κ2) is 2.52. The minimum absolute atomic E-state index is 0.139. The van der Waals surface area contributed by atoms with Crippen LogP contribution in [0.2, 0.25) is 0 Å². The SMILES string of the molecule is NC=C(S)C(=O)O. The van der Waals surface area contributed by atoms with Crippen LogP contribution in [0.4, 0.5) is 0 Å². The number of thiol groups is 1. The Morgan fingerprint density at radius 2 is 2.29 bits per heavy atom. The van der Waals surface area contributed by atoms with Crippen molar-refractivity contribution in [1.29, 1.82) is 0 Å². The van der Waals surface area contributed by atoms with Gasteiger partial charge in [-0.3, -0.25) is 0 Å². The molecule has 0 atom stereocenters. The first-order valence-corrected chi connectivity index (χ1v) is 1.97. The van der Waals surface area contributed by atoms with Gasteiger partial charge in [0.25, 0.3) is 0 Å². The molecule has 0 aliphatic carbocycles. The molecule has 3 nitrogen and oxygen atoms in total. The Bertz CT molecular complexity index is 110. The maximum Gasteiger partial charge on any atom is 0.343 e. The summed E-state index contributed by atoms with van der Waals surface area (Å²) >= 11 is 3.46. The Labute approximate surface area is 46.2 Å². The highest BCUT2D eigenvalue weighted by Gasteiger charge is 1.95. The summed E-state index contributed by atoms with van der Waals surface area (Å²) < 4.78 is 0. The Kier molecular flexibility index (Phi) is 2.29. The van der Waals surface area contributed by atoms with Crippen LogP contribution in [0.5, 0.6) is 0 Å². The predicted octanol–water partition coefficient (Wildman–Crippen LogP) is -0.199. The van der Waals surface area contributed by atoms with Gasteiger partial charge in [-0.1, -0.05) is 0 Å². The van der Waals surface area contributed by atoms with Crippen molar-refractivity contribution in [2.75, 3.05) is 0 Å². The predicted molar refractivity (Wildman–Crippen MR) is 28.9 cm³/mol. The van der Waals surface area contributed by atoms with E-state index in [0.29, 0.717) is 0 Å². The number of aliphatic carboxylic acids is 1. The normalized spacial score (nSPS) is 11.3. The molecule has 0 spiro atoms. The monoisotopic (exact) mass is 119 g/mol. The zero-order valence-electron chi connectivity index (χ0n) is 3.46. The van der Waals surface area contributed by atoms with Gasteiger partial charge in [-0.2, -0.15) is 0 Å². The van der Waals surface area contributed by atoms with E-state index in [9.17, 15) is 4.79 Å². The van der Waals surface area contributed by atoms with Crippen LogP contribution in [-0.4, -0.2) is 11.1 Å². The smallest absolute Gasteiger partial charge is 0.343 e. The Morgan fingerprint density at radius 3 is 2.29 bits per heavy atom. The van der Waals surface area contributed by atoms with Crippen molar-refractivity contribution in [1.82, 2.24) is 0 Å². The number of carbonyl (C=O) groups is 1. The molecular weight excluding hydrogens is 114 g/mol. The highest BCUT2D eigenvalue weighted by Crippen LogP contribution is 1.94. The van der Waals surface area contributed by atoms with Gasteiger partial charge in [-0.05, 0) is 0 Å². The zero-order valence-corrected chi connectivity index (χ0v) is 4.35. The molecule has 0 fully saturated rings. The summed E-state index contributed by atoms with van der Waals surface area (Å²) in [4.78, 5) is 9.57. The maximum atomic E-state index is 9.71. The lowest BCUT2D eigenvalue weighted by atomic mass is 10.6. The first-order valence-electron chi connectivity index (χ1n) is 1.52. The number of carboxylic acids is 1. The van der Waals surface area contributed by atoms with Gasteiger partial charge >= 0.3 is 5.97 Å². The molecule has 40 valence electrons. The number of nitrogens with two attached hydrogens (primary N) is 1. The number of rotatable bonds is 1. The van der Waals surface area contributed by atoms with E-state index in [0.717, 1.165) is 6.20 Å². The van der Waals surface area contributed by atoms with Gasteiger partial charge in [0.15, 0.2) is 0 Å². The van der Waals surface area contributed by atoms with Crippen LogP contribution in [0, 0.1) is 0 Å². The molecule has 0 aromatic rings. The zero-order chi connectivity index (χ0) is 5.86. The fourth-order valence-electron chi connectivity index (χ4n) is 0.0713. The molecule has 0 aromatic carbocycles. The number of hydrogen-bond acceptors (Lipinski definition) is 3. The van der Waals surface area contributed by atoms with E-state index in [1.54, 1.807) is 0 Å². The van der Waals surface area contributed by atoms with E-state index in [2.05, 4.69) is 12.6 Å². The molecule has 0 heterocycles. The van der Waals surface area contributed by atoms with E-state index in [-0.39, 0.29) is 4.91 Å². The molecule has 0 saturated carbocycles. The van der Waals surface area contributed by atoms with Crippen molar-refractivity contribution in [3.05, 3.63) is 11.1 Å². The second-order valence-electron chi connectivity index (χ2n) is 0.857. The Balaban J connectivity index is 3.82. The van der Waals surface area contributed by atoms with Crippen LogP contribution in [0.25, 0.3) is 0 Å². The first-order chi connectivity index (χ1) is 3.18. The molecule has 4 heteroatoms. The lowest BCUT2D eigenvalue weighted by Gasteiger charge is -1.82. The van der Waals surface area contributed by atoms with E-state index in [1.807, 2.05) is 0 Å². The molecule has 0 aliphatic heterocycles. The standard InChI is InChI=1S/C3H5NO2S/c4-1-2(7)3(5)6/h1,7H,4H2,(H,5,6). The third-order valence-corrected chi connectivity index (χ3v) is 0.717. The molecule has 0 aromatic heterocycles. The summed E-state index contributed by atoms with van der Waals surface area (Å²) in [5.74, 6) is -1.11. The third-order valence-electron chi connectivity index (χ3n) is 0.377. The molecule has 0 amide bonds. The summed E-state index contributed by atoms with van der Waals surface area (Å²) in [6, 6.07) is 0. The van der Waals surface area contributed by atoms with E-state index >= 15 is 0 Å². The highest BCUT2D eigenvalue weighted by atomic mass is 32.1. The molecule has 0 saturated heterocycles. The van der Waals surface area contributed by atoms with Crippen molar-refractivity contribution in [3.8, 4) is 0 Å². The van der Waals surface area contributed by atoms with Crippen molar-refractivity contribution < 1.29 is 9.90 Å². The molecule has 0 bridgehead atoms. The van der Waals surface area contributed by atoms with Crippen LogP contribution in [0.1, 0.15) is 0 Å². The molecule has 0 rings (SSSR count). The minimum atomic E-state index is -1.11. The fraction of sp³-hybridized carbons (Fsp3) is 0. The summed E-state index contributed by atoms with van der Waals surface area (Å²) in [5.41, 5.74) is 4.75. The molecule has 0 radical (unpaired) electrons. The van der Waals surface area contributed by atoms with Crippen molar-refractivity contribution in [3.63, 3.8) is 0 Å². The second-order valence-corrected chi connectivity index (χ2v) is 1.34. The van der Waals surface area contributed by atoms with E-state index in [4.69, 9.17) is 10.8 Å². The summed E-state index contributed by atoms with van der Waals surface area (Å²) in [6.45, 7) is 0. The molecular formula is C3H5NO2S. The van der Waals surface area contributed by atoms with E-state index in [1.165, 1.54) is 0 Å². The van der Waals surface area contributed by atoms with Crippen LogP contribution >= 0.6 is 12.6 Å². The molecule has 3 N–H and O–H groups in total. The largest absolute Gasteiger partial charge is 0.477 e. The van der Waals surface area contributed by atoms with Gasteiger partial charge < -0.3 is 10.8 Å². The van der Waals surface area contributed by atoms with Crippen LogP contribution in [0.15, 0.2) is 11.1 Å². The van der Waals surface area contributed by atoms with Gasteiger partial charge in [-0.15, -0.1) is 12.6 Å². The number of hydrogen-bond donors (Lipinski definition) is 3. The van der Waals surface area contributed by atoms with E-state index < -0.39 is 5.97 Å². The highest BCUT2D eigenvalue weighted by molar-refractivity contribution is 7.85. The summed E-state index contributed by atoms with van der Waals surface area (Å²) in [5, 5.41) is 7.96. The Morgan fingerprint density at radius 1 is 1.86 bits per heavy atom. The van der Waals surface area contributed by atoms with Crippen LogP contribution in [-0.2, 0) is 4.79 Å². The Hall–Kier alpha value is -0.640. The lowest BCUT2D eigenvalue weighted by Crippen LogP contribution is -1.96. The van der Waals surface area contributed by atoms with Crippen LogP contribution < -0.4 is 5.73 Å². The number of carboxylic acid groups (broad SMARTS) is 1. The van der Waals surface area contributed by atoms with Gasteiger partial charge in [0, 0.05) is 6.20 Å². The maximum absolute atomic E-state index is 9.71. The van der Waals surface area contributed by atoms with Crippen molar-refractivity contribution in [2.24, 2.45) is 5.73 Å². The minimum Gasteiger partial charge on any atom is -0.477 e. The quantitative estimate of drug-likeness (QED) is 0.331. The van der Waals surface area contributed by atoms with Crippen molar-refractivity contribution >= 4 is 18.6 Å². The molecule has 7 heavy (non-hydrogen) atoms.